The first-order chi connectivity index (χ1) is 6.56. The highest BCUT2D eigenvalue weighted by molar-refractivity contribution is 9.09. The molecule has 0 fully saturated rings. The van der Waals surface area contributed by atoms with Gasteiger partial charge in [0.1, 0.15) is 0 Å². The average Bonchev–Trinajstić information content (AvgIpc) is 2.15. The van der Waals surface area contributed by atoms with E-state index in [1.165, 1.54) is 0 Å². The molecular weight excluding hydrogens is 242 g/mol. The molecule has 1 unspecified atom stereocenters. The van der Waals surface area contributed by atoms with Crippen LogP contribution in [0.3, 0.4) is 0 Å². The predicted molar refractivity (Wildman–Crippen MR) is 63.3 cm³/mol. The Labute approximate surface area is 94.5 Å². The van der Waals surface area contributed by atoms with Crippen molar-refractivity contribution < 1.29 is 4.74 Å². The van der Waals surface area contributed by atoms with Crippen molar-refractivity contribution in [1.29, 1.82) is 0 Å². The molecule has 2 nitrogen and oxygen atoms in total. The second kappa shape index (κ2) is 4.87. The number of ether oxygens (including phenoxy) is 1. The van der Waals surface area contributed by atoms with Crippen molar-refractivity contribution in [3.8, 4) is 0 Å². The molecule has 0 saturated carbocycles. The largest absolute Gasteiger partial charge is 0.479 e. The Hall–Kier alpha value is -0.440. The molecule has 0 aliphatic carbocycles. The highest BCUT2D eigenvalue weighted by atomic mass is 79.9. The monoisotopic (exact) mass is 259 g/mol. The van der Waals surface area contributed by atoms with E-state index < -0.39 is 0 Å². The Morgan fingerprint density at radius 3 is 2.86 bits per heavy atom. The molecule has 1 rings (SSSR count). The summed E-state index contributed by atoms with van der Waals surface area (Å²) in [5, 5.41) is 4.21. The third kappa shape index (κ3) is 3.37. The summed E-state index contributed by atoms with van der Waals surface area (Å²) >= 11 is 3.48. The lowest BCUT2D eigenvalue weighted by Crippen LogP contribution is -2.43. The molecule has 1 aliphatic rings. The number of nitrogens with one attached hydrogen (secondary N) is 1. The fourth-order valence-electron chi connectivity index (χ4n) is 1.13. The molecule has 1 aliphatic heterocycles. The van der Waals surface area contributed by atoms with Crippen molar-refractivity contribution in [2.24, 2.45) is 5.92 Å². The van der Waals surface area contributed by atoms with Gasteiger partial charge < -0.3 is 10.1 Å². The number of dihydropyridines is 1. The van der Waals surface area contributed by atoms with Gasteiger partial charge in [0.2, 0.25) is 0 Å². The van der Waals surface area contributed by atoms with E-state index in [9.17, 15) is 0 Å². The summed E-state index contributed by atoms with van der Waals surface area (Å²) in [5.41, 5.74) is -0.0267. The molecule has 0 radical (unpaired) electrons. The molecule has 80 valence electrons. The quantitative estimate of drug-likeness (QED) is 0.785. The number of allylic oxidation sites excluding steroid dienone is 2. The van der Waals surface area contributed by atoms with Crippen molar-refractivity contribution in [2.45, 2.75) is 26.3 Å². The van der Waals surface area contributed by atoms with Gasteiger partial charge in [-0.15, -0.1) is 0 Å². The van der Waals surface area contributed by atoms with E-state index in [1.807, 2.05) is 12.2 Å². The molecule has 0 aromatic heterocycles. The first-order valence-electron chi connectivity index (χ1n) is 4.92. The number of halogens is 1. The van der Waals surface area contributed by atoms with Crippen molar-refractivity contribution in [3.05, 3.63) is 24.1 Å². The zero-order valence-corrected chi connectivity index (χ0v) is 10.6. The van der Waals surface area contributed by atoms with Gasteiger partial charge in [-0.1, -0.05) is 41.9 Å². The van der Waals surface area contributed by atoms with E-state index in [-0.39, 0.29) is 5.54 Å². The first kappa shape index (κ1) is 11.6. The van der Waals surface area contributed by atoms with Crippen LogP contribution in [-0.2, 0) is 4.74 Å². The fourth-order valence-corrected chi connectivity index (χ4v) is 1.46. The third-order valence-electron chi connectivity index (χ3n) is 1.97. The molecule has 0 spiro atoms. The van der Waals surface area contributed by atoms with Gasteiger partial charge in [-0.05, 0) is 18.9 Å². The SMILES string of the molecule is CC(C)COC1=CC=CC(C)(CBr)N1. The Balaban J connectivity index is 2.48. The lowest BCUT2D eigenvalue weighted by atomic mass is 10.0. The van der Waals surface area contributed by atoms with Crippen molar-refractivity contribution in [2.75, 3.05) is 11.9 Å². The Morgan fingerprint density at radius 1 is 1.57 bits per heavy atom. The van der Waals surface area contributed by atoms with Crippen LogP contribution in [0, 0.1) is 5.92 Å². The summed E-state index contributed by atoms with van der Waals surface area (Å²) in [6.45, 7) is 7.17. The van der Waals surface area contributed by atoms with Crippen LogP contribution in [0.5, 0.6) is 0 Å². The minimum atomic E-state index is -0.0267. The standard InChI is InChI=1S/C11H18BrNO/c1-9(2)7-14-10-5-4-6-11(3,8-12)13-10/h4-6,9,13H,7-8H2,1-3H3. The lowest BCUT2D eigenvalue weighted by Gasteiger charge is -2.30. The van der Waals surface area contributed by atoms with E-state index in [2.05, 4.69) is 48.1 Å². The van der Waals surface area contributed by atoms with E-state index in [0.717, 1.165) is 17.8 Å². The van der Waals surface area contributed by atoms with Crippen LogP contribution >= 0.6 is 15.9 Å². The molecule has 0 amide bonds. The van der Waals surface area contributed by atoms with Crippen LogP contribution < -0.4 is 5.32 Å². The molecular formula is C11H18BrNO. The molecule has 14 heavy (non-hydrogen) atoms. The van der Waals surface area contributed by atoms with Crippen molar-refractivity contribution in [1.82, 2.24) is 5.32 Å². The highest BCUT2D eigenvalue weighted by Crippen LogP contribution is 2.17. The summed E-state index contributed by atoms with van der Waals surface area (Å²) in [5.74, 6) is 1.42. The number of alkyl halides is 1. The van der Waals surface area contributed by atoms with Gasteiger partial charge in [0.25, 0.3) is 0 Å². The molecule has 3 heteroatoms. The van der Waals surface area contributed by atoms with Crippen molar-refractivity contribution in [3.63, 3.8) is 0 Å². The third-order valence-corrected chi connectivity index (χ3v) is 3.14. The average molecular weight is 260 g/mol. The van der Waals surface area contributed by atoms with Crippen LogP contribution in [-0.4, -0.2) is 17.5 Å². The van der Waals surface area contributed by atoms with Gasteiger partial charge in [-0.2, -0.15) is 0 Å². The van der Waals surface area contributed by atoms with E-state index >= 15 is 0 Å². The molecule has 1 atom stereocenters. The minimum Gasteiger partial charge on any atom is -0.479 e. The van der Waals surface area contributed by atoms with Gasteiger partial charge >= 0.3 is 0 Å². The smallest absolute Gasteiger partial charge is 0.187 e. The van der Waals surface area contributed by atoms with Gasteiger partial charge in [-0.25, -0.2) is 0 Å². The summed E-state index contributed by atoms with van der Waals surface area (Å²) < 4.78 is 5.62. The van der Waals surface area contributed by atoms with E-state index in [4.69, 9.17) is 4.74 Å². The summed E-state index contributed by atoms with van der Waals surface area (Å²) in [4.78, 5) is 0. The maximum absolute atomic E-state index is 5.62. The van der Waals surface area contributed by atoms with Gasteiger partial charge in [0, 0.05) is 5.33 Å². The van der Waals surface area contributed by atoms with Crippen LogP contribution in [0.2, 0.25) is 0 Å². The summed E-state index contributed by atoms with van der Waals surface area (Å²) in [6.07, 6.45) is 6.13. The maximum Gasteiger partial charge on any atom is 0.187 e. The zero-order valence-electron chi connectivity index (χ0n) is 9.01. The second-order valence-corrected chi connectivity index (χ2v) is 4.83. The molecule has 1 heterocycles. The first-order valence-corrected chi connectivity index (χ1v) is 6.04. The lowest BCUT2D eigenvalue weighted by molar-refractivity contribution is 0.150. The topological polar surface area (TPSA) is 21.3 Å². The summed E-state index contributed by atoms with van der Waals surface area (Å²) in [6, 6.07) is 0. The van der Waals surface area contributed by atoms with Gasteiger partial charge in [0.05, 0.1) is 12.1 Å². The van der Waals surface area contributed by atoms with Crippen molar-refractivity contribution >= 4 is 15.9 Å². The predicted octanol–water partition coefficient (Wildman–Crippen LogP) is 2.81. The highest BCUT2D eigenvalue weighted by Gasteiger charge is 2.22. The maximum atomic E-state index is 5.62. The zero-order chi connectivity index (χ0) is 10.6. The normalized spacial score (nSPS) is 25.9. The van der Waals surface area contributed by atoms with Crippen LogP contribution in [0.25, 0.3) is 0 Å². The van der Waals surface area contributed by atoms with Crippen LogP contribution in [0.15, 0.2) is 24.1 Å². The minimum absolute atomic E-state index is 0.0267. The molecule has 0 bridgehead atoms. The molecule has 0 saturated heterocycles. The summed E-state index contributed by atoms with van der Waals surface area (Å²) in [7, 11) is 0. The Kier molecular flexibility index (Phi) is 4.05. The Bertz CT molecular complexity index is 248. The van der Waals surface area contributed by atoms with Gasteiger partial charge in [0.15, 0.2) is 5.88 Å². The Morgan fingerprint density at radius 2 is 2.29 bits per heavy atom. The number of hydrogen-bond donors (Lipinski definition) is 1. The number of rotatable bonds is 4. The van der Waals surface area contributed by atoms with Crippen LogP contribution in [0.4, 0.5) is 0 Å². The van der Waals surface area contributed by atoms with Crippen LogP contribution in [0.1, 0.15) is 20.8 Å². The fraction of sp³-hybridized carbons (Fsp3) is 0.636. The molecule has 0 aromatic rings. The second-order valence-electron chi connectivity index (χ2n) is 4.27. The molecule has 0 aromatic carbocycles. The number of hydrogen-bond acceptors (Lipinski definition) is 2. The molecule has 1 N–H and O–H groups in total. The van der Waals surface area contributed by atoms with Gasteiger partial charge in [-0.3, -0.25) is 0 Å². The van der Waals surface area contributed by atoms with E-state index in [0.29, 0.717) is 5.92 Å². The van der Waals surface area contributed by atoms with E-state index in [1.54, 1.807) is 0 Å².